The SMILES string of the molecule is Cc1cccnc1C(=O)NCC(N)C(C)O. The minimum atomic E-state index is -0.648. The number of hydrogen-bond acceptors (Lipinski definition) is 4. The van der Waals surface area contributed by atoms with E-state index in [4.69, 9.17) is 10.8 Å². The number of amides is 1. The van der Waals surface area contributed by atoms with Gasteiger partial charge in [-0.1, -0.05) is 6.07 Å². The molecule has 88 valence electrons. The minimum absolute atomic E-state index is 0.229. The number of nitrogens with one attached hydrogen (secondary N) is 1. The van der Waals surface area contributed by atoms with Crippen LogP contribution in [0.5, 0.6) is 0 Å². The maximum Gasteiger partial charge on any atom is 0.270 e. The lowest BCUT2D eigenvalue weighted by atomic mass is 10.2. The molecule has 0 saturated carbocycles. The Bertz CT molecular complexity index is 366. The van der Waals surface area contributed by atoms with Crippen LogP contribution < -0.4 is 11.1 Å². The van der Waals surface area contributed by atoms with Gasteiger partial charge in [0.25, 0.3) is 5.91 Å². The van der Waals surface area contributed by atoms with Gasteiger partial charge >= 0.3 is 0 Å². The Morgan fingerprint density at radius 3 is 2.94 bits per heavy atom. The molecule has 4 N–H and O–H groups in total. The Labute approximate surface area is 94.7 Å². The number of pyridine rings is 1. The summed E-state index contributed by atoms with van der Waals surface area (Å²) in [4.78, 5) is 15.7. The molecular formula is C11H17N3O2. The molecule has 0 aromatic carbocycles. The zero-order valence-electron chi connectivity index (χ0n) is 9.47. The summed E-state index contributed by atoms with van der Waals surface area (Å²) in [7, 11) is 0. The van der Waals surface area contributed by atoms with Gasteiger partial charge in [0, 0.05) is 18.8 Å². The maximum atomic E-state index is 11.7. The first-order valence-corrected chi connectivity index (χ1v) is 5.16. The number of aliphatic hydroxyl groups is 1. The molecule has 16 heavy (non-hydrogen) atoms. The standard InChI is InChI=1S/C11H17N3O2/c1-7-4-3-5-13-10(7)11(16)14-6-9(12)8(2)15/h3-5,8-9,15H,6,12H2,1-2H3,(H,14,16). The van der Waals surface area contributed by atoms with Crippen LogP contribution in [0, 0.1) is 6.92 Å². The van der Waals surface area contributed by atoms with E-state index in [0.29, 0.717) is 5.69 Å². The van der Waals surface area contributed by atoms with Crippen LogP contribution in [0.15, 0.2) is 18.3 Å². The quantitative estimate of drug-likeness (QED) is 0.661. The molecule has 0 fully saturated rings. The van der Waals surface area contributed by atoms with E-state index in [1.165, 1.54) is 0 Å². The van der Waals surface area contributed by atoms with Gasteiger partial charge in [0.1, 0.15) is 5.69 Å². The van der Waals surface area contributed by atoms with Gasteiger partial charge in [-0.2, -0.15) is 0 Å². The van der Waals surface area contributed by atoms with E-state index in [-0.39, 0.29) is 12.5 Å². The van der Waals surface area contributed by atoms with Crippen molar-refractivity contribution in [3.05, 3.63) is 29.6 Å². The molecule has 0 bridgehead atoms. The van der Waals surface area contributed by atoms with Gasteiger partial charge in [-0.15, -0.1) is 0 Å². The van der Waals surface area contributed by atoms with Crippen molar-refractivity contribution in [3.8, 4) is 0 Å². The lowest BCUT2D eigenvalue weighted by molar-refractivity contribution is 0.0932. The number of aromatic nitrogens is 1. The summed E-state index contributed by atoms with van der Waals surface area (Å²) in [5.41, 5.74) is 6.80. The van der Waals surface area contributed by atoms with Gasteiger partial charge in [0.2, 0.25) is 0 Å². The van der Waals surface area contributed by atoms with Crippen molar-refractivity contribution in [3.63, 3.8) is 0 Å². The molecule has 0 aliphatic carbocycles. The van der Waals surface area contributed by atoms with Crippen LogP contribution in [0.25, 0.3) is 0 Å². The van der Waals surface area contributed by atoms with Crippen molar-refractivity contribution in [2.75, 3.05) is 6.54 Å². The molecule has 5 heteroatoms. The number of nitrogens with two attached hydrogens (primary N) is 1. The largest absolute Gasteiger partial charge is 0.392 e. The van der Waals surface area contributed by atoms with Gasteiger partial charge in [-0.25, -0.2) is 0 Å². The Morgan fingerprint density at radius 2 is 2.38 bits per heavy atom. The van der Waals surface area contributed by atoms with Crippen molar-refractivity contribution < 1.29 is 9.90 Å². The van der Waals surface area contributed by atoms with Gasteiger partial charge in [0.15, 0.2) is 0 Å². The van der Waals surface area contributed by atoms with Crippen LogP contribution in [0.1, 0.15) is 23.0 Å². The van der Waals surface area contributed by atoms with E-state index in [9.17, 15) is 4.79 Å². The van der Waals surface area contributed by atoms with Crippen LogP contribution in [0.3, 0.4) is 0 Å². The highest BCUT2D eigenvalue weighted by atomic mass is 16.3. The second-order valence-corrected chi connectivity index (χ2v) is 3.78. The summed E-state index contributed by atoms with van der Waals surface area (Å²) < 4.78 is 0. The predicted molar refractivity (Wildman–Crippen MR) is 61.0 cm³/mol. The molecule has 1 aromatic heterocycles. The summed E-state index contributed by atoms with van der Waals surface area (Å²) in [6, 6.07) is 3.12. The number of carbonyl (C=O) groups is 1. The van der Waals surface area contributed by atoms with Crippen molar-refractivity contribution in [2.24, 2.45) is 5.73 Å². The van der Waals surface area contributed by atoms with Crippen molar-refractivity contribution in [2.45, 2.75) is 26.0 Å². The summed E-state index contributed by atoms with van der Waals surface area (Å²) in [6.45, 7) is 3.63. The number of carbonyl (C=O) groups excluding carboxylic acids is 1. The van der Waals surface area contributed by atoms with E-state index >= 15 is 0 Å². The Morgan fingerprint density at radius 1 is 1.69 bits per heavy atom. The van der Waals surface area contributed by atoms with Gasteiger partial charge in [-0.05, 0) is 25.5 Å². The molecule has 2 unspecified atom stereocenters. The van der Waals surface area contributed by atoms with E-state index in [0.717, 1.165) is 5.56 Å². The average Bonchev–Trinajstić information content (AvgIpc) is 2.25. The van der Waals surface area contributed by atoms with Crippen LogP contribution in [-0.4, -0.2) is 34.7 Å². The smallest absolute Gasteiger partial charge is 0.270 e. The first kappa shape index (κ1) is 12.6. The van der Waals surface area contributed by atoms with Crippen LogP contribution in [-0.2, 0) is 0 Å². The monoisotopic (exact) mass is 223 g/mol. The molecule has 5 nitrogen and oxygen atoms in total. The molecule has 0 radical (unpaired) electrons. The van der Waals surface area contributed by atoms with Gasteiger partial charge in [-0.3, -0.25) is 9.78 Å². The van der Waals surface area contributed by atoms with Crippen LogP contribution in [0.4, 0.5) is 0 Å². The number of rotatable bonds is 4. The summed E-state index contributed by atoms with van der Waals surface area (Å²) in [5.74, 6) is -0.269. The number of hydrogen-bond donors (Lipinski definition) is 3. The number of aliphatic hydroxyl groups excluding tert-OH is 1. The fraction of sp³-hybridized carbons (Fsp3) is 0.455. The first-order chi connectivity index (χ1) is 7.52. The van der Waals surface area contributed by atoms with Crippen molar-refractivity contribution in [1.29, 1.82) is 0 Å². The normalized spacial score (nSPS) is 14.2. The van der Waals surface area contributed by atoms with Crippen LogP contribution >= 0.6 is 0 Å². The minimum Gasteiger partial charge on any atom is -0.392 e. The van der Waals surface area contributed by atoms with Gasteiger partial charge in [0.05, 0.1) is 6.10 Å². The molecule has 1 aromatic rings. The fourth-order valence-electron chi connectivity index (χ4n) is 1.19. The molecule has 1 amide bonds. The molecule has 0 spiro atoms. The highest BCUT2D eigenvalue weighted by Crippen LogP contribution is 2.02. The molecule has 0 saturated heterocycles. The zero-order valence-corrected chi connectivity index (χ0v) is 9.47. The molecule has 1 heterocycles. The Hall–Kier alpha value is -1.46. The average molecular weight is 223 g/mol. The number of nitrogens with zero attached hydrogens (tertiary/aromatic N) is 1. The third kappa shape index (κ3) is 3.29. The highest BCUT2D eigenvalue weighted by Gasteiger charge is 2.13. The fourth-order valence-corrected chi connectivity index (χ4v) is 1.19. The van der Waals surface area contributed by atoms with Crippen molar-refractivity contribution in [1.82, 2.24) is 10.3 Å². The molecule has 1 rings (SSSR count). The Kier molecular flexibility index (Phi) is 4.39. The van der Waals surface area contributed by atoms with E-state index in [1.807, 2.05) is 13.0 Å². The van der Waals surface area contributed by atoms with Crippen molar-refractivity contribution >= 4 is 5.91 Å². The highest BCUT2D eigenvalue weighted by molar-refractivity contribution is 5.93. The topological polar surface area (TPSA) is 88.2 Å². The summed E-state index contributed by atoms with van der Waals surface area (Å²) in [6.07, 6.45) is 0.918. The predicted octanol–water partition coefficient (Wildman–Crippen LogP) is -0.172. The molecule has 0 aliphatic rings. The van der Waals surface area contributed by atoms with Gasteiger partial charge < -0.3 is 16.2 Å². The van der Waals surface area contributed by atoms with E-state index < -0.39 is 12.1 Å². The maximum absolute atomic E-state index is 11.7. The van der Waals surface area contributed by atoms with E-state index in [1.54, 1.807) is 19.2 Å². The third-order valence-electron chi connectivity index (χ3n) is 2.34. The Balaban J connectivity index is 2.57. The van der Waals surface area contributed by atoms with E-state index in [2.05, 4.69) is 10.3 Å². The second-order valence-electron chi connectivity index (χ2n) is 3.78. The molecule has 2 atom stereocenters. The third-order valence-corrected chi connectivity index (χ3v) is 2.34. The van der Waals surface area contributed by atoms with Crippen LogP contribution in [0.2, 0.25) is 0 Å². The summed E-state index contributed by atoms with van der Waals surface area (Å²) in [5, 5.41) is 11.8. The second kappa shape index (κ2) is 5.58. The lowest BCUT2D eigenvalue weighted by Gasteiger charge is -2.15. The molecule has 0 aliphatic heterocycles. The number of aryl methyl sites for hydroxylation is 1. The zero-order chi connectivity index (χ0) is 12.1. The first-order valence-electron chi connectivity index (χ1n) is 5.16. The molecular weight excluding hydrogens is 206 g/mol. The summed E-state index contributed by atoms with van der Waals surface area (Å²) >= 11 is 0. The lowest BCUT2D eigenvalue weighted by Crippen LogP contribution is -2.43.